The van der Waals surface area contributed by atoms with Gasteiger partial charge in [0.2, 0.25) is 5.91 Å². The lowest BCUT2D eigenvalue weighted by molar-refractivity contribution is -0.150. The average molecular weight is 362 g/mol. The molecule has 1 aromatic carbocycles. The predicted octanol–water partition coefficient (Wildman–Crippen LogP) is 2.60. The number of nitrogens with one attached hydrogen (secondary N) is 2. The van der Waals surface area contributed by atoms with Crippen LogP contribution in [0.2, 0.25) is 0 Å². The van der Waals surface area contributed by atoms with Gasteiger partial charge in [-0.1, -0.05) is 49.6 Å². The molecule has 0 atom stereocenters. The molecule has 0 radical (unpaired) electrons. The van der Waals surface area contributed by atoms with Crippen LogP contribution in [0.25, 0.3) is 0 Å². The number of aliphatic carboxylic acids is 1. The third-order valence-electron chi connectivity index (χ3n) is 4.66. The normalized spacial score (nSPS) is 16.4. The van der Waals surface area contributed by atoms with Gasteiger partial charge in [0.05, 0.1) is 0 Å². The number of hydrogen-bond acceptors (Lipinski definition) is 4. The largest absolute Gasteiger partial charge is 0.480 e. The molecule has 142 valence electrons. The first kappa shape index (κ1) is 19.8. The summed E-state index contributed by atoms with van der Waals surface area (Å²) in [6.45, 7) is 3.12. The first-order valence-corrected chi connectivity index (χ1v) is 8.80. The van der Waals surface area contributed by atoms with E-state index in [-0.39, 0.29) is 6.61 Å². The van der Waals surface area contributed by atoms with E-state index in [1.807, 2.05) is 30.3 Å². The number of alkyl carbamates (subject to hydrolysis) is 1. The quantitative estimate of drug-likeness (QED) is 0.721. The Labute approximate surface area is 153 Å². The van der Waals surface area contributed by atoms with Gasteiger partial charge >= 0.3 is 12.1 Å². The predicted molar refractivity (Wildman–Crippen MR) is 95.4 cm³/mol. The van der Waals surface area contributed by atoms with Crippen molar-refractivity contribution in [2.75, 3.05) is 0 Å². The minimum Gasteiger partial charge on any atom is -0.480 e. The van der Waals surface area contributed by atoms with Crippen LogP contribution in [0.3, 0.4) is 0 Å². The van der Waals surface area contributed by atoms with Crippen molar-refractivity contribution in [2.45, 2.75) is 63.6 Å². The van der Waals surface area contributed by atoms with E-state index >= 15 is 0 Å². The highest BCUT2D eigenvalue weighted by molar-refractivity contribution is 5.93. The highest BCUT2D eigenvalue weighted by Gasteiger charge is 2.44. The van der Waals surface area contributed by atoms with Gasteiger partial charge in [0.25, 0.3) is 0 Å². The summed E-state index contributed by atoms with van der Waals surface area (Å²) in [5.74, 6) is -1.58. The van der Waals surface area contributed by atoms with Crippen LogP contribution in [-0.2, 0) is 20.9 Å². The van der Waals surface area contributed by atoms with Crippen molar-refractivity contribution in [1.82, 2.24) is 10.6 Å². The average Bonchev–Trinajstić information content (AvgIpc) is 2.61. The lowest BCUT2D eigenvalue weighted by Crippen LogP contribution is -2.63. The molecule has 1 fully saturated rings. The monoisotopic (exact) mass is 362 g/mol. The molecule has 0 aliphatic heterocycles. The molecule has 3 N–H and O–H groups in total. The summed E-state index contributed by atoms with van der Waals surface area (Å²) in [4.78, 5) is 36.3. The topological polar surface area (TPSA) is 105 Å². The van der Waals surface area contributed by atoms with Gasteiger partial charge < -0.3 is 20.5 Å². The molecule has 0 saturated heterocycles. The molecule has 1 aliphatic rings. The molecule has 0 spiro atoms. The standard InChI is InChI=1S/C19H26N2O5/c1-18(2,21-17(25)26-13-14-9-5-3-6-10-14)15(22)20-19(16(23)24)11-7-4-8-12-19/h3,5-6,9-10H,4,7-8,11-13H2,1-2H3,(H,20,22)(H,21,25)(H,23,24). The SMILES string of the molecule is CC(C)(NC(=O)OCc1ccccc1)C(=O)NC1(C(=O)O)CCCCC1. The highest BCUT2D eigenvalue weighted by atomic mass is 16.5. The summed E-state index contributed by atoms with van der Waals surface area (Å²) in [5, 5.41) is 14.7. The van der Waals surface area contributed by atoms with Crippen LogP contribution in [0.15, 0.2) is 30.3 Å². The van der Waals surface area contributed by atoms with Crippen molar-refractivity contribution in [2.24, 2.45) is 0 Å². The van der Waals surface area contributed by atoms with Crippen LogP contribution in [-0.4, -0.2) is 34.2 Å². The molecular weight excluding hydrogens is 336 g/mol. The van der Waals surface area contributed by atoms with Gasteiger partial charge in [0, 0.05) is 0 Å². The van der Waals surface area contributed by atoms with E-state index in [0.717, 1.165) is 24.8 Å². The number of carboxylic acids is 1. The first-order chi connectivity index (χ1) is 12.3. The molecule has 1 aromatic rings. The summed E-state index contributed by atoms with van der Waals surface area (Å²) >= 11 is 0. The van der Waals surface area contributed by atoms with Crippen LogP contribution < -0.4 is 10.6 Å². The highest BCUT2D eigenvalue weighted by Crippen LogP contribution is 2.29. The molecule has 0 bridgehead atoms. The minimum absolute atomic E-state index is 0.0867. The zero-order chi connectivity index (χ0) is 19.2. The van der Waals surface area contributed by atoms with Gasteiger partial charge in [-0.25, -0.2) is 9.59 Å². The Hall–Kier alpha value is -2.57. The number of carboxylic acid groups (broad SMARTS) is 1. The molecule has 0 aromatic heterocycles. The lowest BCUT2D eigenvalue weighted by Gasteiger charge is -2.37. The second kappa shape index (κ2) is 8.21. The van der Waals surface area contributed by atoms with E-state index in [1.165, 1.54) is 13.8 Å². The fraction of sp³-hybridized carbons (Fsp3) is 0.526. The Morgan fingerprint density at radius 3 is 2.31 bits per heavy atom. The Morgan fingerprint density at radius 1 is 1.12 bits per heavy atom. The fourth-order valence-electron chi connectivity index (χ4n) is 2.99. The summed E-state index contributed by atoms with van der Waals surface area (Å²) in [6.07, 6.45) is 2.50. The van der Waals surface area contributed by atoms with Crippen LogP contribution in [0.1, 0.15) is 51.5 Å². The Balaban J connectivity index is 1.93. The van der Waals surface area contributed by atoms with E-state index in [9.17, 15) is 19.5 Å². The summed E-state index contributed by atoms with van der Waals surface area (Å²) in [5.41, 5.74) is -1.73. The molecule has 0 unspecified atom stereocenters. The molecule has 1 aliphatic carbocycles. The number of carbonyl (C=O) groups excluding carboxylic acids is 2. The van der Waals surface area contributed by atoms with Crippen molar-refractivity contribution in [3.05, 3.63) is 35.9 Å². The number of hydrogen-bond donors (Lipinski definition) is 3. The van der Waals surface area contributed by atoms with Crippen molar-refractivity contribution in [3.8, 4) is 0 Å². The summed E-state index contributed by atoms with van der Waals surface area (Å²) < 4.78 is 5.13. The van der Waals surface area contributed by atoms with Crippen LogP contribution in [0, 0.1) is 0 Å². The summed E-state index contributed by atoms with van der Waals surface area (Å²) in [6, 6.07) is 9.18. The zero-order valence-electron chi connectivity index (χ0n) is 15.2. The van der Waals surface area contributed by atoms with Crippen LogP contribution in [0.4, 0.5) is 4.79 Å². The van der Waals surface area contributed by atoms with Gasteiger partial charge in [-0.3, -0.25) is 4.79 Å². The van der Waals surface area contributed by atoms with Crippen molar-refractivity contribution < 1.29 is 24.2 Å². The van der Waals surface area contributed by atoms with E-state index < -0.39 is 29.0 Å². The maximum atomic E-state index is 12.6. The van der Waals surface area contributed by atoms with Gasteiger partial charge in [0.15, 0.2) is 0 Å². The third-order valence-corrected chi connectivity index (χ3v) is 4.66. The molecule has 7 nitrogen and oxygen atoms in total. The Bertz CT molecular complexity index is 651. The van der Waals surface area contributed by atoms with Crippen molar-refractivity contribution in [1.29, 1.82) is 0 Å². The molecular formula is C19H26N2O5. The van der Waals surface area contributed by atoms with Crippen molar-refractivity contribution in [3.63, 3.8) is 0 Å². The lowest BCUT2D eigenvalue weighted by atomic mass is 9.81. The number of benzene rings is 1. The molecule has 0 heterocycles. The van der Waals surface area contributed by atoms with E-state index in [1.54, 1.807) is 0 Å². The second-order valence-corrected chi connectivity index (χ2v) is 7.21. The molecule has 2 amide bonds. The minimum atomic E-state index is -1.30. The van der Waals surface area contributed by atoms with Crippen LogP contribution in [0.5, 0.6) is 0 Å². The number of rotatable bonds is 6. The smallest absolute Gasteiger partial charge is 0.408 e. The van der Waals surface area contributed by atoms with Gasteiger partial charge in [-0.2, -0.15) is 0 Å². The maximum absolute atomic E-state index is 12.6. The van der Waals surface area contributed by atoms with E-state index in [2.05, 4.69) is 10.6 Å². The molecule has 1 saturated carbocycles. The van der Waals surface area contributed by atoms with Crippen molar-refractivity contribution >= 4 is 18.0 Å². The van der Waals surface area contributed by atoms with Gasteiger partial charge in [-0.05, 0) is 32.3 Å². The van der Waals surface area contributed by atoms with E-state index in [0.29, 0.717) is 12.8 Å². The first-order valence-electron chi connectivity index (χ1n) is 8.80. The maximum Gasteiger partial charge on any atom is 0.408 e. The molecule has 7 heteroatoms. The van der Waals surface area contributed by atoms with Crippen LogP contribution >= 0.6 is 0 Å². The number of amides is 2. The molecule has 2 rings (SSSR count). The van der Waals surface area contributed by atoms with Gasteiger partial charge in [-0.15, -0.1) is 0 Å². The number of carbonyl (C=O) groups is 3. The Kier molecular flexibility index (Phi) is 6.23. The molecule has 26 heavy (non-hydrogen) atoms. The van der Waals surface area contributed by atoms with E-state index in [4.69, 9.17) is 4.74 Å². The zero-order valence-corrected chi connectivity index (χ0v) is 15.2. The third kappa shape index (κ3) is 4.97. The second-order valence-electron chi connectivity index (χ2n) is 7.21. The summed E-state index contributed by atoms with van der Waals surface area (Å²) in [7, 11) is 0. The van der Waals surface area contributed by atoms with Gasteiger partial charge in [0.1, 0.15) is 17.7 Å². The fourth-order valence-corrected chi connectivity index (χ4v) is 2.99. The number of ether oxygens (including phenoxy) is 1. The Morgan fingerprint density at radius 2 is 1.73 bits per heavy atom.